The highest BCUT2D eigenvalue weighted by atomic mass is 32.1. The first-order chi connectivity index (χ1) is 10.8. The summed E-state index contributed by atoms with van der Waals surface area (Å²) in [4.78, 5) is 18.8. The van der Waals surface area contributed by atoms with Crippen molar-refractivity contribution >= 4 is 32.7 Å². The van der Waals surface area contributed by atoms with E-state index in [-0.39, 0.29) is 12.1 Å². The van der Waals surface area contributed by atoms with Crippen molar-refractivity contribution in [3.8, 4) is 0 Å². The number of rotatable bonds is 2. The Hall–Kier alpha value is -2.40. The van der Waals surface area contributed by atoms with Gasteiger partial charge in [0.1, 0.15) is 0 Å². The lowest BCUT2D eigenvalue weighted by molar-refractivity contribution is 0.126. The lowest BCUT2D eigenvalue weighted by Crippen LogP contribution is -2.47. The molecule has 0 saturated carbocycles. The van der Waals surface area contributed by atoms with E-state index in [0.29, 0.717) is 5.13 Å². The van der Waals surface area contributed by atoms with E-state index < -0.39 is 0 Å². The zero-order chi connectivity index (χ0) is 14.9. The molecular weight excluding hydrogens is 294 g/mol. The summed E-state index contributed by atoms with van der Waals surface area (Å²) in [6.07, 6.45) is 1.01. The second kappa shape index (κ2) is 5.42. The molecule has 1 N–H and O–H groups in total. The van der Waals surface area contributed by atoms with Crippen LogP contribution in [0.25, 0.3) is 10.2 Å². The van der Waals surface area contributed by atoms with E-state index in [1.165, 1.54) is 16.9 Å². The van der Waals surface area contributed by atoms with Crippen LogP contribution in [0.2, 0.25) is 0 Å². The van der Waals surface area contributed by atoms with Crippen molar-refractivity contribution in [1.82, 2.24) is 9.88 Å². The van der Waals surface area contributed by atoms with Crippen molar-refractivity contribution in [3.63, 3.8) is 0 Å². The second-order valence-corrected chi connectivity index (χ2v) is 6.36. The SMILES string of the molecule is O=C(Nc1nc2ccccc2s1)N1CCC1c1ccccc1. The maximum atomic E-state index is 12.4. The first kappa shape index (κ1) is 13.3. The summed E-state index contributed by atoms with van der Waals surface area (Å²) in [6.45, 7) is 0.788. The number of carbonyl (C=O) groups is 1. The summed E-state index contributed by atoms with van der Waals surface area (Å²) in [5, 5.41) is 3.58. The lowest BCUT2D eigenvalue weighted by Gasteiger charge is -2.40. The van der Waals surface area contributed by atoms with E-state index in [4.69, 9.17) is 0 Å². The Balaban J connectivity index is 1.50. The topological polar surface area (TPSA) is 45.2 Å². The molecule has 1 saturated heterocycles. The number of aromatic nitrogens is 1. The molecule has 0 aliphatic carbocycles. The molecule has 4 rings (SSSR count). The first-order valence-electron chi connectivity index (χ1n) is 7.29. The van der Waals surface area contributed by atoms with E-state index in [1.54, 1.807) is 0 Å². The molecule has 1 atom stereocenters. The molecule has 0 spiro atoms. The molecule has 0 radical (unpaired) electrons. The second-order valence-electron chi connectivity index (χ2n) is 5.33. The van der Waals surface area contributed by atoms with Crippen molar-refractivity contribution < 1.29 is 4.79 Å². The van der Waals surface area contributed by atoms with Gasteiger partial charge in [0.2, 0.25) is 0 Å². The predicted molar refractivity (Wildman–Crippen MR) is 89.1 cm³/mol. The zero-order valence-corrected chi connectivity index (χ0v) is 12.7. The number of fused-ring (bicyclic) bond motifs is 1. The standard InChI is InChI=1S/C17H15N3OS/c21-17(19-16-18-13-8-4-5-9-15(13)22-16)20-11-10-14(20)12-6-2-1-3-7-12/h1-9,14H,10-11H2,(H,18,19,21). The third kappa shape index (κ3) is 2.33. The van der Waals surface area contributed by atoms with Crippen LogP contribution in [0.15, 0.2) is 54.6 Å². The summed E-state index contributed by atoms with van der Waals surface area (Å²) in [5.41, 5.74) is 2.11. The van der Waals surface area contributed by atoms with Crippen molar-refractivity contribution in [2.24, 2.45) is 0 Å². The van der Waals surface area contributed by atoms with E-state index in [0.717, 1.165) is 23.2 Å². The number of anilines is 1. The molecule has 5 heteroatoms. The number of carbonyl (C=O) groups excluding carboxylic acids is 1. The van der Waals surface area contributed by atoms with Gasteiger partial charge in [-0.15, -0.1) is 0 Å². The number of para-hydroxylation sites is 1. The quantitative estimate of drug-likeness (QED) is 0.768. The Morgan fingerprint density at radius 2 is 1.91 bits per heavy atom. The number of hydrogen-bond acceptors (Lipinski definition) is 3. The predicted octanol–water partition coefficient (Wildman–Crippen LogP) is 4.28. The van der Waals surface area contributed by atoms with Crippen LogP contribution in [0.3, 0.4) is 0 Å². The Morgan fingerprint density at radius 3 is 2.64 bits per heavy atom. The van der Waals surface area contributed by atoms with Gasteiger partial charge in [0.15, 0.2) is 5.13 Å². The molecule has 110 valence electrons. The van der Waals surface area contributed by atoms with E-state index in [1.807, 2.05) is 47.4 Å². The van der Waals surface area contributed by atoms with E-state index in [9.17, 15) is 4.79 Å². The van der Waals surface area contributed by atoms with Crippen LogP contribution >= 0.6 is 11.3 Å². The summed E-state index contributed by atoms with van der Waals surface area (Å²) in [7, 11) is 0. The van der Waals surface area contributed by atoms with Crippen LogP contribution < -0.4 is 5.32 Å². The fourth-order valence-corrected chi connectivity index (χ4v) is 3.60. The smallest absolute Gasteiger partial charge is 0.317 e. The van der Waals surface area contributed by atoms with E-state index in [2.05, 4.69) is 22.4 Å². The van der Waals surface area contributed by atoms with Crippen LogP contribution in [0.5, 0.6) is 0 Å². The van der Waals surface area contributed by atoms with Gasteiger partial charge in [-0.2, -0.15) is 0 Å². The Bertz CT molecular complexity index is 782. The molecule has 2 aromatic carbocycles. The average Bonchev–Trinajstić information content (AvgIpc) is 2.89. The number of hydrogen-bond donors (Lipinski definition) is 1. The van der Waals surface area contributed by atoms with Gasteiger partial charge in [-0.25, -0.2) is 9.78 Å². The molecule has 0 bridgehead atoms. The maximum Gasteiger partial charge on any atom is 0.324 e. The molecule has 1 fully saturated rings. The minimum atomic E-state index is -0.0702. The highest BCUT2D eigenvalue weighted by molar-refractivity contribution is 7.22. The van der Waals surface area contributed by atoms with Gasteiger partial charge in [0.05, 0.1) is 16.3 Å². The number of benzene rings is 2. The number of thiazole rings is 1. The third-order valence-corrected chi connectivity index (χ3v) is 4.92. The van der Waals surface area contributed by atoms with Crippen LogP contribution in [0, 0.1) is 0 Å². The number of amides is 2. The summed E-state index contributed by atoms with van der Waals surface area (Å²) < 4.78 is 1.08. The molecule has 2 amide bonds. The zero-order valence-electron chi connectivity index (χ0n) is 11.9. The van der Waals surface area contributed by atoms with Gasteiger partial charge in [-0.1, -0.05) is 53.8 Å². The van der Waals surface area contributed by atoms with Crippen molar-refractivity contribution in [1.29, 1.82) is 0 Å². The molecule has 4 nitrogen and oxygen atoms in total. The normalized spacial score (nSPS) is 17.3. The summed E-state index contributed by atoms with van der Waals surface area (Å²) >= 11 is 1.50. The van der Waals surface area contributed by atoms with E-state index >= 15 is 0 Å². The van der Waals surface area contributed by atoms with Gasteiger partial charge < -0.3 is 4.90 Å². The Morgan fingerprint density at radius 1 is 1.14 bits per heavy atom. The fourth-order valence-electron chi connectivity index (χ4n) is 2.74. The number of nitrogens with one attached hydrogen (secondary N) is 1. The largest absolute Gasteiger partial charge is 0.324 e. The van der Waals surface area contributed by atoms with Crippen molar-refractivity contribution in [3.05, 3.63) is 60.2 Å². The highest BCUT2D eigenvalue weighted by Crippen LogP contribution is 2.34. The van der Waals surface area contributed by atoms with Crippen molar-refractivity contribution in [2.75, 3.05) is 11.9 Å². The van der Waals surface area contributed by atoms with Gasteiger partial charge in [-0.3, -0.25) is 5.32 Å². The molecule has 22 heavy (non-hydrogen) atoms. The molecule has 1 aliphatic rings. The fraction of sp³-hybridized carbons (Fsp3) is 0.176. The minimum Gasteiger partial charge on any atom is -0.317 e. The highest BCUT2D eigenvalue weighted by Gasteiger charge is 2.33. The van der Waals surface area contributed by atoms with Gasteiger partial charge in [0, 0.05) is 6.54 Å². The van der Waals surface area contributed by atoms with Crippen LogP contribution in [0.4, 0.5) is 9.93 Å². The first-order valence-corrected chi connectivity index (χ1v) is 8.11. The number of nitrogens with zero attached hydrogens (tertiary/aromatic N) is 2. The Labute approximate surface area is 132 Å². The Kier molecular flexibility index (Phi) is 3.27. The molecule has 1 aliphatic heterocycles. The molecule has 2 heterocycles. The lowest BCUT2D eigenvalue weighted by atomic mass is 9.95. The summed E-state index contributed by atoms with van der Waals surface area (Å²) in [5.74, 6) is 0. The minimum absolute atomic E-state index is 0.0702. The maximum absolute atomic E-state index is 12.4. The summed E-state index contributed by atoms with van der Waals surface area (Å²) in [6, 6.07) is 18.2. The van der Waals surface area contributed by atoms with Gasteiger partial charge in [-0.05, 0) is 24.1 Å². The molecular formula is C17H15N3OS. The molecule has 3 aromatic rings. The van der Waals surface area contributed by atoms with Gasteiger partial charge in [0.25, 0.3) is 0 Å². The number of likely N-dealkylation sites (tertiary alicyclic amines) is 1. The van der Waals surface area contributed by atoms with Crippen LogP contribution in [-0.4, -0.2) is 22.5 Å². The molecule has 1 aromatic heterocycles. The van der Waals surface area contributed by atoms with Gasteiger partial charge >= 0.3 is 6.03 Å². The van der Waals surface area contributed by atoms with Crippen molar-refractivity contribution in [2.45, 2.75) is 12.5 Å². The number of urea groups is 1. The average molecular weight is 309 g/mol. The molecule has 1 unspecified atom stereocenters. The third-order valence-electron chi connectivity index (χ3n) is 3.97. The van der Waals surface area contributed by atoms with Crippen LogP contribution in [0.1, 0.15) is 18.0 Å². The monoisotopic (exact) mass is 309 g/mol. The van der Waals surface area contributed by atoms with Crippen LogP contribution in [-0.2, 0) is 0 Å².